The van der Waals surface area contributed by atoms with E-state index in [0.717, 1.165) is 29.6 Å². The molecule has 76 heavy (non-hydrogen) atoms. The minimum Gasteiger partial charge on any atom is -0.394 e. The molecule has 5 saturated heterocycles. The number of ether oxygens (including phenoxy) is 10. The van der Waals surface area contributed by atoms with Crippen molar-refractivity contribution in [2.45, 2.75) is 232 Å². The van der Waals surface area contributed by atoms with Crippen LogP contribution in [0.4, 0.5) is 0 Å². The highest BCUT2D eigenvalue weighted by molar-refractivity contribution is 5.08. The van der Waals surface area contributed by atoms with Gasteiger partial charge in [-0.2, -0.15) is 0 Å². The van der Waals surface area contributed by atoms with E-state index in [2.05, 4.69) is 12.7 Å². The SMILES string of the molecule is C=C[C@](C)(CC/C=C(\C)CC/C=C(\C)CC/C=C(/C)CO[C@@H]1O[C@H](CO[C@@H]2O[C@@H](C)[C@H](O)[C@@H](O)[C@H]2O)[C@@H](O)[C@H](O)[C@H]1O[C@@H]1O[C@H](CO)[C@@H](O)[C@H](O)[C@H]1O)O[C@@H]1O[C@H](CO)[C@@H](O[C@@H]2O[C@H](CO)[C@@H](O)[C@H](O)[C@H]2O)[C@H](O)[C@H]1O. The van der Waals surface area contributed by atoms with E-state index >= 15 is 0 Å². The monoisotopic (exact) mass is 1100 g/mol. The first-order valence-corrected chi connectivity index (χ1v) is 25.7. The van der Waals surface area contributed by atoms with Crippen molar-refractivity contribution >= 4 is 0 Å². The molecule has 5 aliphatic rings. The molecule has 0 aromatic heterocycles. The maximum absolute atomic E-state index is 11.3. The summed E-state index contributed by atoms with van der Waals surface area (Å²) in [6, 6.07) is 0. The lowest BCUT2D eigenvalue weighted by molar-refractivity contribution is -0.371. The zero-order valence-electron chi connectivity index (χ0n) is 43.5. The van der Waals surface area contributed by atoms with Gasteiger partial charge in [0.25, 0.3) is 0 Å². The molecule has 0 aromatic carbocycles. The Balaban J connectivity index is 1.10. The van der Waals surface area contributed by atoms with Gasteiger partial charge in [0.15, 0.2) is 31.5 Å². The molecule has 0 spiro atoms. The molecule has 26 atom stereocenters. The maximum Gasteiger partial charge on any atom is 0.187 e. The Morgan fingerprint density at radius 2 is 0.895 bits per heavy atom. The number of rotatable bonds is 25. The van der Waals surface area contributed by atoms with Crippen molar-refractivity contribution in [3.63, 3.8) is 0 Å². The summed E-state index contributed by atoms with van der Waals surface area (Å²) in [5.74, 6) is 0. The molecule has 0 bridgehead atoms. The van der Waals surface area contributed by atoms with E-state index in [1.807, 2.05) is 26.0 Å². The van der Waals surface area contributed by atoms with Crippen molar-refractivity contribution in [2.75, 3.05) is 33.0 Å². The zero-order valence-corrected chi connectivity index (χ0v) is 43.5. The first-order chi connectivity index (χ1) is 35.9. The Hall–Kier alpha value is -2.08. The van der Waals surface area contributed by atoms with Gasteiger partial charge in [-0.25, -0.2) is 0 Å². The molecule has 5 aliphatic heterocycles. The van der Waals surface area contributed by atoms with Gasteiger partial charge in [0.1, 0.15) is 116 Å². The van der Waals surface area contributed by atoms with Crippen molar-refractivity contribution in [3.8, 4) is 0 Å². The van der Waals surface area contributed by atoms with Crippen LogP contribution in [0.2, 0.25) is 0 Å². The Morgan fingerprint density at radius 1 is 0.461 bits per heavy atom. The van der Waals surface area contributed by atoms with Crippen LogP contribution in [0.5, 0.6) is 0 Å². The van der Waals surface area contributed by atoms with E-state index in [1.54, 1.807) is 13.8 Å². The highest BCUT2D eigenvalue weighted by atomic mass is 16.8. The summed E-state index contributed by atoms with van der Waals surface area (Å²) in [6.45, 7) is 10.1. The number of hydrogen-bond acceptors (Lipinski definition) is 26. The van der Waals surface area contributed by atoms with Crippen LogP contribution in [0, 0.1) is 0 Å². The number of hydrogen-bond donors (Lipinski definition) is 16. The Bertz CT molecular complexity index is 1850. The normalized spacial score (nSPS) is 43.9. The van der Waals surface area contributed by atoms with Gasteiger partial charge in [-0.05, 0) is 73.1 Å². The fraction of sp³-hybridized carbons (Fsp3) is 0.840. The summed E-state index contributed by atoms with van der Waals surface area (Å²) in [5, 5.41) is 167. The molecule has 0 aromatic rings. The molecule has 5 heterocycles. The molecule has 5 fully saturated rings. The van der Waals surface area contributed by atoms with E-state index < -0.39 is 186 Å². The van der Waals surface area contributed by atoms with Gasteiger partial charge in [0.05, 0.1) is 44.7 Å². The fourth-order valence-corrected chi connectivity index (χ4v) is 9.30. The van der Waals surface area contributed by atoms with Crippen LogP contribution in [0.3, 0.4) is 0 Å². The van der Waals surface area contributed by atoms with Gasteiger partial charge in [-0.15, -0.1) is 6.58 Å². The molecule has 0 unspecified atom stereocenters. The van der Waals surface area contributed by atoms with Gasteiger partial charge >= 0.3 is 0 Å². The standard InChI is InChI=1S/C50H84O26/c1-7-50(6,76-48-42(66)38(62)43(28(19-53)72-48)74-46-40(64)35(59)31(55)26(17-51)70-46)16-10-15-23(3)12-8-11-22(2)13-9-14-24(4)20-67-49-44(75-47-41(65)36(60)32(56)27(18-52)71-47)37(61)33(57)29(73-49)21-68-45-39(63)34(58)30(54)25(5)69-45/h7,11,14-15,25-49,51-66H,1,8-10,12-13,16-21H2,2-6H3/b22-11+,23-15+,24-14-/t25-,26+,27+,28+,29+,30-,31+,32+,33+,34+,35-,36-,37-,38+,39+,40+,41+,42+,43+,44+,45+,46-,47-,48-,49+,50+/m0/s1. The molecular weight excluding hydrogens is 1020 g/mol. The second-order valence-corrected chi connectivity index (χ2v) is 20.6. The summed E-state index contributed by atoms with van der Waals surface area (Å²) < 4.78 is 57.4. The van der Waals surface area contributed by atoms with Crippen LogP contribution in [0.25, 0.3) is 0 Å². The Labute approximate surface area is 441 Å². The van der Waals surface area contributed by atoms with Gasteiger partial charge in [-0.1, -0.05) is 41.0 Å². The average Bonchev–Trinajstić information content (AvgIpc) is 3.40. The summed E-state index contributed by atoms with van der Waals surface area (Å²) in [7, 11) is 0. The van der Waals surface area contributed by atoms with Gasteiger partial charge < -0.3 is 129 Å². The van der Waals surface area contributed by atoms with Gasteiger partial charge in [-0.3, -0.25) is 0 Å². The first kappa shape index (κ1) is 64.7. The Kier molecular flexibility index (Phi) is 25.2. The number of allylic oxidation sites excluding steroid dienone is 5. The first-order valence-electron chi connectivity index (χ1n) is 25.7. The van der Waals surface area contributed by atoms with Crippen LogP contribution in [0.1, 0.15) is 73.1 Å². The highest BCUT2D eigenvalue weighted by Crippen LogP contribution is 2.35. The van der Waals surface area contributed by atoms with Crippen molar-refractivity contribution in [1.82, 2.24) is 0 Å². The van der Waals surface area contributed by atoms with Crippen LogP contribution >= 0.6 is 0 Å². The molecule has 0 radical (unpaired) electrons. The van der Waals surface area contributed by atoms with Crippen molar-refractivity contribution in [3.05, 3.63) is 47.6 Å². The minimum atomic E-state index is -1.85. The van der Waals surface area contributed by atoms with Crippen molar-refractivity contribution < 1.29 is 129 Å². The van der Waals surface area contributed by atoms with E-state index in [0.29, 0.717) is 25.7 Å². The third-order valence-electron chi connectivity index (χ3n) is 14.5. The van der Waals surface area contributed by atoms with Crippen molar-refractivity contribution in [2.24, 2.45) is 0 Å². The average molecular weight is 1100 g/mol. The molecule has 0 saturated carbocycles. The summed E-state index contributed by atoms with van der Waals surface area (Å²) in [4.78, 5) is 0. The molecule has 16 N–H and O–H groups in total. The fourth-order valence-electron chi connectivity index (χ4n) is 9.30. The van der Waals surface area contributed by atoms with Gasteiger partial charge in [0.2, 0.25) is 0 Å². The smallest absolute Gasteiger partial charge is 0.187 e. The number of aliphatic hydroxyl groups excluding tert-OH is 16. The maximum atomic E-state index is 11.3. The van der Waals surface area contributed by atoms with E-state index in [1.165, 1.54) is 13.0 Å². The Morgan fingerprint density at radius 3 is 1.43 bits per heavy atom. The van der Waals surface area contributed by atoms with Crippen LogP contribution in [-0.4, -0.2) is 274 Å². The molecule has 26 heteroatoms. The lowest BCUT2D eigenvalue weighted by atomic mass is 9.95. The minimum absolute atomic E-state index is 0.0757. The quantitative estimate of drug-likeness (QED) is 0.0382. The predicted molar refractivity (Wildman–Crippen MR) is 259 cm³/mol. The third kappa shape index (κ3) is 16.3. The van der Waals surface area contributed by atoms with Crippen LogP contribution in [-0.2, 0) is 47.4 Å². The van der Waals surface area contributed by atoms with Crippen molar-refractivity contribution in [1.29, 1.82) is 0 Å². The molecule has 0 aliphatic carbocycles. The predicted octanol–water partition coefficient (Wildman–Crippen LogP) is -4.76. The van der Waals surface area contributed by atoms with Crippen LogP contribution < -0.4 is 0 Å². The zero-order chi connectivity index (χ0) is 56.3. The molecule has 440 valence electrons. The third-order valence-corrected chi connectivity index (χ3v) is 14.5. The molecule has 5 rings (SSSR count). The lowest BCUT2D eigenvalue weighted by Gasteiger charge is -2.47. The summed E-state index contributed by atoms with van der Waals surface area (Å²) in [6.07, 6.45) is -27.8. The largest absolute Gasteiger partial charge is 0.394 e. The molecule has 26 nitrogen and oxygen atoms in total. The summed E-state index contributed by atoms with van der Waals surface area (Å²) in [5.41, 5.74) is 1.89. The molecule has 0 amide bonds. The van der Waals surface area contributed by atoms with E-state index in [-0.39, 0.29) is 6.61 Å². The highest BCUT2D eigenvalue weighted by Gasteiger charge is 2.54. The topological polar surface area (TPSA) is 416 Å². The second-order valence-electron chi connectivity index (χ2n) is 20.6. The lowest BCUT2D eigenvalue weighted by Crippen LogP contribution is -2.65. The molecular formula is C50H84O26. The number of aliphatic hydroxyl groups is 16. The van der Waals surface area contributed by atoms with E-state index in [4.69, 9.17) is 47.4 Å². The summed E-state index contributed by atoms with van der Waals surface area (Å²) >= 11 is 0. The second kappa shape index (κ2) is 29.6. The van der Waals surface area contributed by atoms with E-state index in [9.17, 15) is 81.7 Å². The van der Waals surface area contributed by atoms with Gasteiger partial charge in [0, 0.05) is 0 Å². The van der Waals surface area contributed by atoms with Crippen LogP contribution in [0.15, 0.2) is 47.6 Å².